The molecule has 4 unspecified atom stereocenters. The van der Waals surface area contributed by atoms with Gasteiger partial charge in [0.05, 0.1) is 36.5 Å². The topological polar surface area (TPSA) is 129 Å². The first-order valence-electron chi connectivity index (χ1n) is 24.3. The van der Waals surface area contributed by atoms with Gasteiger partial charge in [-0.25, -0.2) is 4.98 Å². The third-order valence-corrected chi connectivity index (χ3v) is 16.0. The largest absolute Gasteiger partial charge is 0.462 e. The SMILES string of the molecule is CC[C@H]1CCC[C@H](O[C@H]2CC[C@H](N(C)C)C(C)O2)[C@@H](C)C(=O)C2=C[C@H]3[C@@H]4C[C@H](O[C@@H]5OC(C)[C@H](OC)C(OC)C5OC)C[C@H]4c4c(nc5ccc(-c6ccccc6)cn45)[C@H]3[C@@H]2CC(=O)O1. The van der Waals surface area contributed by atoms with Crippen LogP contribution in [-0.2, 0) is 47.5 Å². The summed E-state index contributed by atoms with van der Waals surface area (Å²) in [4.78, 5) is 37.2. The number of fused-ring (bicyclic) bond motifs is 10. The maximum absolute atomic E-state index is 15.3. The third-order valence-electron chi connectivity index (χ3n) is 16.0. The van der Waals surface area contributed by atoms with Gasteiger partial charge < -0.3 is 47.2 Å². The number of allylic oxidation sites excluding steroid dienone is 2. The van der Waals surface area contributed by atoms with Crippen LogP contribution in [0.4, 0.5) is 0 Å². The zero-order valence-corrected chi connectivity index (χ0v) is 39.8. The first-order valence-corrected chi connectivity index (χ1v) is 24.3. The molecule has 6 aliphatic rings. The maximum atomic E-state index is 15.3. The summed E-state index contributed by atoms with van der Waals surface area (Å²) in [6.07, 6.45) is 7.25. The van der Waals surface area contributed by atoms with E-state index < -0.39 is 30.5 Å². The number of hydrogen-bond donors (Lipinski definition) is 0. The molecule has 9 rings (SSSR count). The number of benzene rings is 1. The van der Waals surface area contributed by atoms with Gasteiger partial charge >= 0.3 is 5.97 Å². The fraction of sp³-hybridized carbons (Fsp3) is 0.673. The highest BCUT2D eigenvalue weighted by molar-refractivity contribution is 5.99. The second-order valence-electron chi connectivity index (χ2n) is 19.9. The predicted molar refractivity (Wildman–Crippen MR) is 244 cm³/mol. The lowest BCUT2D eigenvalue weighted by atomic mass is 9.66. The molecule has 13 heteroatoms. The number of pyridine rings is 1. The maximum Gasteiger partial charge on any atom is 0.306 e. The van der Waals surface area contributed by atoms with Crippen LogP contribution in [0.25, 0.3) is 16.8 Å². The van der Waals surface area contributed by atoms with Crippen molar-refractivity contribution < 1.29 is 47.5 Å². The van der Waals surface area contributed by atoms with Gasteiger partial charge in [0.1, 0.15) is 30.1 Å². The number of hydrogen-bond acceptors (Lipinski definition) is 12. The van der Waals surface area contributed by atoms with Gasteiger partial charge in [0.15, 0.2) is 18.4 Å². The van der Waals surface area contributed by atoms with Crippen molar-refractivity contribution in [2.45, 2.75) is 165 Å². The number of cyclic esters (lactones) is 1. The van der Waals surface area contributed by atoms with Crippen LogP contribution in [0.3, 0.4) is 0 Å². The molecule has 4 fully saturated rings. The minimum atomic E-state index is -0.680. The van der Waals surface area contributed by atoms with E-state index in [9.17, 15) is 4.79 Å². The number of ketones is 1. The predicted octanol–water partition coefficient (Wildman–Crippen LogP) is 7.88. The molecule has 354 valence electrons. The first kappa shape index (κ1) is 46.6. The normalized spacial score (nSPS) is 38.9. The molecule has 65 heavy (non-hydrogen) atoms. The molecule has 13 nitrogen and oxygen atoms in total. The lowest BCUT2D eigenvalue weighted by Crippen LogP contribution is -2.59. The summed E-state index contributed by atoms with van der Waals surface area (Å²) in [6.45, 7) is 8.18. The Morgan fingerprint density at radius 1 is 0.815 bits per heavy atom. The number of rotatable bonds is 10. The van der Waals surface area contributed by atoms with Crippen molar-refractivity contribution in [3.8, 4) is 11.1 Å². The van der Waals surface area contributed by atoms with Crippen molar-refractivity contribution in [3.63, 3.8) is 0 Å². The zero-order valence-electron chi connectivity index (χ0n) is 39.8. The Morgan fingerprint density at radius 3 is 2.29 bits per heavy atom. The molecule has 3 aromatic rings. The number of carbonyl (C=O) groups excluding carboxylic acids is 2. The van der Waals surface area contributed by atoms with E-state index in [0.29, 0.717) is 24.5 Å². The molecule has 0 radical (unpaired) electrons. The van der Waals surface area contributed by atoms with Gasteiger partial charge in [-0.1, -0.05) is 50.3 Å². The molecule has 1 aromatic carbocycles. The van der Waals surface area contributed by atoms with Crippen molar-refractivity contribution in [2.75, 3.05) is 35.4 Å². The number of carbonyl (C=O) groups is 2. The van der Waals surface area contributed by atoms with Crippen molar-refractivity contribution in [3.05, 3.63) is 71.7 Å². The minimum absolute atomic E-state index is 0.00244. The monoisotopic (exact) mass is 898 g/mol. The highest BCUT2D eigenvalue weighted by atomic mass is 16.7. The molecule has 1 saturated carbocycles. The molecule has 3 aliphatic heterocycles. The number of esters is 1. The van der Waals surface area contributed by atoms with E-state index in [4.69, 9.17) is 42.9 Å². The van der Waals surface area contributed by atoms with Crippen molar-refractivity contribution in [1.82, 2.24) is 14.3 Å². The van der Waals surface area contributed by atoms with Gasteiger partial charge in [0.2, 0.25) is 0 Å². The van der Waals surface area contributed by atoms with Crippen LogP contribution in [0.1, 0.15) is 109 Å². The molecule has 0 N–H and O–H groups in total. The van der Waals surface area contributed by atoms with E-state index in [1.54, 1.807) is 21.3 Å². The summed E-state index contributed by atoms with van der Waals surface area (Å²) < 4.78 is 53.2. The highest BCUT2D eigenvalue weighted by Crippen LogP contribution is 2.61. The molecule has 0 spiro atoms. The van der Waals surface area contributed by atoms with Crippen LogP contribution in [-0.4, -0.2) is 129 Å². The third kappa shape index (κ3) is 8.89. The number of ether oxygens (including phenoxy) is 8. The van der Waals surface area contributed by atoms with Crippen LogP contribution >= 0.6 is 0 Å². The zero-order chi connectivity index (χ0) is 45.7. The Balaban J connectivity index is 1.09. The molecule has 2 aromatic heterocycles. The van der Waals surface area contributed by atoms with Crippen molar-refractivity contribution >= 4 is 17.4 Å². The molecule has 3 saturated heterocycles. The quantitative estimate of drug-likeness (QED) is 0.184. The van der Waals surface area contributed by atoms with E-state index in [-0.39, 0.29) is 84.6 Å². The molecule has 5 heterocycles. The van der Waals surface area contributed by atoms with Crippen LogP contribution in [0.2, 0.25) is 0 Å². The molecular formula is C52H71N3O10. The van der Waals surface area contributed by atoms with E-state index in [2.05, 4.69) is 85.9 Å². The lowest BCUT2D eigenvalue weighted by Gasteiger charge is -2.44. The Morgan fingerprint density at radius 2 is 1.58 bits per heavy atom. The average molecular weight is 898 g/mol. The van der Waals surface area contributed by atoms with E-state index in [0.717, 1.165) is 66.7 Å². The first-order chi connectivity index (χ1) is 31.4. The molecule has 3 aliphatic carbocycles. The van der Waals surface area contributed by atoms with Crippen LogP contribution in [0.5, 0.6) is 0 Å². The number of likely N-dealkylation sites (N-methyl/N-ethyl adjacent to an activating group) is 1. The van der Waals surface area contributed by atoms with Crippen LogP contribution < -0.4 is 0 Å². The smallest absolute Gasteiger partial charge is 0.306 e. The van der Waals surface area contributed by atoms with Crippen molar-refractivity contribution in [2.24, 2.45) is 23.7 Å². The summed E-state index contributed by atoms with van der Waals surface area (Å²) in [5, 5.41) is 0. The molecule has 0 bridgehead atoms. The second kappa shape index (κ2) is 19.6. The Hall–Kier alpha value is -3.53. The number of methoxy groups -OCH3 is 3. The minimum Gasteiger partial charge on any atom is -0.462 e. The van der Waals surface area contributed by atoms with E-state index in [1.165, 1.54) is 0 Å². The van der Waals surface area contributed by atoms with Gasteiger partial charge in [-0.2, -0.15) is 0 Å². The van der Waals surface area contributed by atoms with E-state index in [1.807, 2.05) is 19.9 Å². The molecular weight excluding hydrogens is 827 g/mol. The van der Waals surface area contributed by atoms with Crippen LogP contribution in [0, 0.1) is 23.7 Å². The Kier molecular flexibility index (Phi) is 14.0. The van der Waals surface area contributed by atoms with Gasteiger partial charge in [-0.05, 0) is 120 Å². The van der Waals surface area contributed by atoms with Crippen LogP contribution in [0.15, 0.2) is 60.3 Å². The standard InChI is InChI=1S/C52H71N3O10/c1-10-33-17-14-18-41(65-44-22-20-40(54(5)6)29(3)61-44)28(2)48(57)39-25-36-35-23-34(64-52-51(60-9)50(59-8)49(58-7)30(4)62-52)24-38(35)47-46(45(36)37(39)26-43(56)63-33)53-42-21-19-32(27-55(42)47)31-15-12-11-13-16-31/h11-13,15-16,19,21,25,27-30,33-38,40-41,44-45,49-52H,10,14,17-18,20,22-24,26H2,1-9H3/t28-,29?,30?,33+,34+,35+,36+,37-,38-,40+,41+,44+,45-,49+,50?,51?,52+/m1/s1. The Labute approximate surface area is 384 Å². The van der Waals surface area contributed by atoms with E-state index >= 15 is 4.79 Å². The number of Topliss-reactive ketones (excluding diaryl/α,β-unsaturated/α-hetero) is 1. The lowest BCUT2D eigenvalue weighted by molar-refractivity contribution is -0.314. The molecule has 0 amide bonds. The van der Waals surface area contributed by atoms with Gasteiger partial charge in [0, 0.05) is 62.9 Å². The summed E-state index contributed by atoms with van der Waals surface area (Å²) >= 11 is 0. The number of aromatic nitrogens is 2. The fourth-order valence-corrected chi connectivity index (χ4v) is 12.7. The fourth-order valence-electron chi connectivity index (χ4n) is 12.7. The molecule has 17 atom stereocenters. The summed E-state index contributed by atoms with van der Waals surface area (Å²) in [5.74, 6) is -1.21. The number of imidazole rings is 1. The van der Waals surface area contributed by atoms with Gasteiger partial charge in [0.25, 0.3) is 0 Å². The second-order valence-corrected chi connectivity index (χ2v) is 19.9. The summed E-state index contributed by atoms with van der Waals surface area (Å²) in [6, 6.07) is 14.9. The summed E-state index contributed by atoms with van der Waals surface area (Å²) in [7, 11) is 9.17. The van der Waals surface area contributed by atoms with Gasteiger partial charge in [-0.3, -0.25) is 9.59 Å². The Bertz CT molecular complexity index is 2180. The summed E-state index contributed by atoms with van der Waals surface area (Å²) in [5.41, 5.74) is 5.84. The highest BCUT2D eigenvalue weighted by Gasteiger charge is 2.57. The van der Waals surface area contributed by atoms with Crippen molar-refractivity contribution in [1.29, 1.82) is 0 Å². The van der Waals surface area contributed by atoms with Gasteiger partial charge in [-0.15, -0.1) is 0 Å². The average Bonchev–Trinajstić information content (AvgIpc) is 4.00. The number of nitrogens with zero attached hydrogens (tertiary/aromatic N) is 3.